The van der Waals surface area contributed by atoms with E-state index >= 15 is 4.39 Å². The first-order valence-corrected chi connectivity index (χ1v) is 15.9. The van der Waals surface area contributed by atoms with E-state index in [0.717, 1.165) is 31.0 Å². The van der Waals surface area contributed by atoms with Gasteiger partial charge in [0.15, 0.2) is 5.82 Å². The third-order valence-corrected chi connectivity index (χ3v) is 10.5. The van der Waals surface area contributed by atoms with Gasteiger partial charge in [0.05, 0.1) is 28.5 Å². The van der Waals surface area contributed by atoms with Crippen molar-refractivity contribution in [3.8, 4) is 29.3 Å². The molecule has 2 aromatic carbocycles. The molecular formula is C32H28F5N7O2S. The quantitative estimate of drug-likeness (QED) is 0.227. The molecule has 3 aliphatic heterocycles. The molecule has 3 N–H and O–H groups in total. The van der Waals surface area contributed by atoms with Crippen LogP contribution < -0.4 is 20.7 Å². The lowest BCUT2D eigenvalue weighted by Gasteiger charge is -2.35. The second-order valence-corrected chi connectivity index (χ2v) is 13.4. The van der Waals surface area contributed by atoms with Crippen LogP contribution >= 0.6 is 11.3 Å². The Balaban J connectivity index is 1.46. The van der Waals surface area contributed by atoms with Crippen molar-refractivity contribution in [3.63, 3.8) is 0 Å². The number of nitrogens with two attached hydrogens (primary N) is 1. The van der Waals surface area contributed by atoms with Crippen LogP contribution in [0.5, 0.6) is 6.01 Å². The Kier molecular flexibility index (Phi) is 7.82. The second-order valence-electron chi connectivity index (χ2n) is 12.4. The number of alkyl halides is 3. The predicted octanol–water partition coefficient (Wildman–Crippen LogP) is 6.29. The highest BCUT2D eigenvalue weighted by atomic mass is 32.1. The summed E-state index contributed by atoms with van der Waals surface area (Å²) >= 11 is 0.702. The first-order chi connectivity index (χ1) is 22.5. The van der Waals surface area contributed by atoms with Crippen molar-refractivity contribution >= 4 is 43.1 Å². The lowest BCUT2D eigenvalue weighted by atomic mass is 9.78. The van der Waals surface area contributed by atoms with Gasteiger partial charge in [-0.1, -0.05) is 6.07 Å². The maximum atomic E-state index is 17.0. The Morgan fingerprint density at radius 3 is 2.51 bits per heavy atom. The summed E-state index contributed by atoms with van der Waals surface area (Å²) in [7, 11) is 0. The number of ether oxygens (including phenoxy) is 2. The van der Waals surface area contributed by atoms with Crippen LogP contribution in [-0.4, -0.2) is 55.0 Å². The fourth-order valence-electron chi connectivity index (χ4n) is 7.02. The van der Waals surface area contributed by atoms with Gasteiger partial charge >= 0.3 is 12.2 Å². The molecular weight excluding hydrogens is 641 g/mol. The van der Waals surface area contributed by atoms with E-state index in [1.807, 2.05) is 11.0 Å². The van der Waals surface area contributed by atoms with Crippen LogP contribution in [0.25, 0.3) is 32.1 Å². The Bertz CT molecular complexity index is 1970. The molecule has 0 saturated carbocycles. The van der Waals surface area contributed by atoms with Gasteiger partial charge in [-0.2, -0.15) is 33.7 Å². The maximum absolute atomic E-state index is 17.0. The molecule has 15 heteroatoms. The van der Waals surface area contributed by atoms with Gasteiger partial charge in [-0.05, 0) is 43.4 Å². The molecule has 0 radical (unpaired) electrons. The second kappa shape index (κ2) is 11.7. The van der Waals surface area contributed by atoms with Crippen LogP contribution in [0.2, 0.25) is 0 Å². The van der Waals surface area contributed by atoms with E-state index in [0.29, 0.717) is 50.5 Å². The molecule has 244 valence electrons. The molecule has 4 aromatic rings. The van der Waals surface area contributed by atoms with E-state index in [2.05, 4.69) is 21.4 Å². The largest absolute Gasteiger partial charge is 0.463 e. The minimum absolute atomic E-state index is 0.0229. The summed E-state index contributed by atoms with van der Waals surface area (Å²) in [5.74, 6) is -2.02. The lowest BCUT2D eigenvalue weighted by Crippen LogP contribution is -2.51. The number of anilines is 2. The number of fused-ring (bicyclic) bond motifs is 4. The SMILES string of the molecule is N#CCC1(COc2nc(N3CC4CCC(C3)N4)c3cc(C(F)(F)F)c(-c4ccc(F)c5sc(N)c(C#N)c45)c(F)c3n2)CCOCC1. The van der Waals surface area contributed by atoms with Gasteiger partial charge in [-0.15, -0.1) is 11.3 Å². The highest BCUT2D eigenvalue weighted by Crippen LogP contribution is 2.48. The molecule has 7 rings (SSSR count). The van der Waals surface area contributed by atoms with Crippen LogP contribution in [0, 0.1) is 39.7 Å². The molecule has 2 atom stereocenters. The molecule has 3 aliphatic rings. The van der Waals surface area contributed by atoms with Crippen molar-refractivity contribution in [1.29, 1.82) is 10.5 Å². The number of thiophene rings is 1. The molecule has 0 aliphatic carbocycles. The average molecular weight is 670 g/mol. The fraction of sp³-hybridized carbons (Fsp3) is 0.438. The van der Waals surface area contributed by atoms with Gasteiger partial charge in [0.2, 0.25) is 0 Å². The molecule has 3 fully saturated rings. The van der Waals surface area contributed by atoms with E-state index < -0.39 is 39.9 Å². The van der Waals surface area contributed by atoms with E-state index in [9.17, 15) is 28.1 Å². The number of nitrogens with zero attached hydrogens (tertiary/aromatic N) is 5. The van der Waals surface area contributed by atoms with E-state index in [1.165, 1.54) is 0 Å². The van der Waals surface area contributed by atoms with Gasteiger partial charge in [0.1, 0.15) is 28.2 Å². The maximum Gasteiger partial charge on any atom is 0.417 e. The van der Waals surface area contributed by atoms with Crippen LogP contribution in [0.3, 0.4) is 0 Å². The first kappa shape index (κ1) is 31.3. The van der Waals surface area contributed by atoms with Crippen molar-refractivity contribution in [3.05, 3.63) is 41.0 Å². The third-order valence-electron chi connectivity index (χ3n) is 9.43. The molecule has 5 heterocycles. The number of piperazine rings is 1. The Labute approximate surface area is 269 Å². The zero-order chi connectivity index (χ0) is 33.1. The van der Waals surface area contributed by atoms with E-state index in [-0.39, 0.29) is 68.5 Å². The molecule has 47 heavy (non-hydrogen) atoms. The Morgan fingerprint density at radius 2 is 1.85 bits per heavy atom. The molecule has 0 amide bonds. The molecule has 2 bridgehead atoms. The molecule has 3 saturated heterocycles. The van der Waals surface area contributed by atoms with Crippen LogP contribution in [0.4, 0.5) is 32.8 Å². The van der Waals surface area contributed by atoms with Crippen LogP contribution in [-0.2, 0) is 10.9 Å². The highest BCUT2D eigenvalue weighted by molar-refractivity contribution is 7.23. The van der Waals surface area contributed by atoms with Crippen molar-refractivity contribution in [1.82, 2.24) is 15.3 Å². The first-order valence-electron chi connectivity index (χ1n) is 15.1. The summed E-state index contributed by atoms with van der Waals surface area (Å²) < 4.78 is 87.8. The van der Waals surface area contributed by atoms with Gasteiger partial charge in [-0.3, -0.25) is 0 Å². The lowest BCUT2D eigenvalue weighted by molar-refractivity contribution is -0.137. The molecule has 2 aromatic heterocycles. The monoisotopic (exact) mass is 669 g/mol. The molecule has 9 nitrogen and oxygen atoms in total. The predicted molar refractivity (Wildman–Crippen MR) is 165 cm³/mol. The molecule has 2 unspecified atom stereocenters. The van der Waals surface area contributed by atoms with Gasteiger partial charge in [-0.25, -0.2) is 8.78 Å². The number of rotatable bonds is 6. The fourth-order valence-corrected chi connectivity index (χ4v) is 7.97. The summed E-state index contributed by atoms with van der Waals surface area (Å²) in [5, 5.41) is 22.3. The topological polar surface area (TPSA) is 133 Å². The van der Waals surface area contributed by atoms with Crippen LogP contribution in [0.15, 0.2) is 18.2 Å². The van der Waals surface area contributed by atoms with Crippen molar-refractivity contribution in [2.24, 2.45) is 5.41 Å². The summed E-state index contributed by atoms with van der Waals surface area (Å²) in [4.78, 5) is 10.7. The normalized spacial score (nSPS) is 20.8. The number of hydrogen-bond acceptors (Lipinski definition) is 10. The summed E-state index contributed by atoms with van der Waals surface area (Å²) in [6.07, 6.45) is -2.03. The van der Waals surface area contributed by atoms with Crippen molar-refractivity contribution in [2.45, 2.75) is 50.4 Å². The number of nitrogen functional groups attached to an aromatic ring is 1. The minimum atomic E-state index is -5.05. The minimum Gasteiger partial charge on any atom is -0.463 e. The number of nitriles is 2. The van der Waals surface area contributed by atoms with Crippen molar-refractivity contribution in [2.75, 3.05) is 43.5 Å². The number of nitrogens with one attached hydrogen (secondary N) is 1. The standard InChI is InChI=1S/C32H28F5N7O2S/c33-22-4-3-18(23-20(12-39)28(40)47-27(22)23)24-21(32(35,36)37)11-19-26(25(24)34)42-30(46-15-31(5-8-38)6-9-45-10-7-31)43-29(19)44-13-16-1-2-17(14-44)41-16/h3-4,11,16-17,41H,1-2,5-7,9-10,13-15,40H2. The van der Waals surface area contributed by atoms with Gasteiger partial charge in [0.25, 0.3) is 0 Å². The smallest absolute Gasteiger partial charge is 0.417 e. The third kappa shape index (κ3) is 5.46. The van der Waals surface area contributed by atoms with E-state index in [1.54, 1.807) is 0 Å². The number of halogens is 5. The number of aromatic nitrogens is 2. The van der Waals surface area contributed by atoms with Crippen molar-refractivity contribution < 1.29 is 31.4 Å². The average Bonchev–Trinajstić information content (AvgIpc) is 3.57. The highest BCUT2D eigenvalue weighted by Gasteiger charge is 2.40. The Hall–Kier alpha value is -4.31. The van der Waals surface area contributed by atoms with Gasteiger partial charge in [0, 0.05) is 66.6 Å². The summed E-state index contributed by atoms with van der Waals surface area (Å²) in [6, 6.07) is 6.72. The summed E-state index contributed by atoms with van der Waals surface area (Å²) in [6.45, 7) is 1.75. The summed E-state index contributed by atoms with van der Waals surface area (Å²) in [5.41, 5.74) is 2.18. The van der Waals surface area contributed by atoms with E-state index in [4.69, 9.17) is 15.2 Å². The zero-order valence-corrected chi connectivity index (χ0v) is 25.7. The van der Waals surface area contributed by atoms with Gasteiger partial charge < -0.3 is 25.4 Å². The number of benzene rings is 2. The number of hydrogen-bond donors (Lipinski definition) is 2. The Morgan fingerprint density at radius 1 is 1.13 bits per heavy atom. The molecule has 0 spiro atoms. The van der Waals surface area contributed by atoms with Crippen LogP contribution in [0.1, 0.15) is 43.2 Å². The zero-order valence-electron chi connectivity index (χ0n) is 24.9.